The molecule has 1 saturated carbocycles. The molecule has 1 N–H and O–H groups in total. The van der Waals surface area contributed by atoms with Gasteiger partial charge in [-0.25, -0.2) is 4.79 Å². The third-order valence-corrected chi connectivity index (χ3v) is 7.18. The van der Waals surface area contributed by atoms with Gasteiger partial charge in [0.05, 0.1) is 5.57 Å². The summed E-state index contributed by atoms with van der Waals surface area (Å²) in [6.07, 6.45) is 9.80. The van der Waals surface area contributed by atoms with Crippen molar-refractivity contribution < 1.29 is 14.3 Å². The molecule has 0 saturated heterocycles. The molecule has 2 heterocycles. The molecular formula is C28H30N2O3. The third kappa shape index (κ3) is 4.37. The summed E-state index contributed by atoms with van der Waals surface area (Å²) in [5.41, 5.74) is 5.03. The maximum atomic E-state index is 13.6. The van der Waals surface area contributed by atoms with Gasteiger partial charge in [-0.15, -0.1) is 0 Å². The van der Waals surface area contributed by atoms with Crippen LogP contribution < -0.4 is 5.32 Å². The van der Waals surface area contributed by atoms with Gasteiger partial charge in [-0.2, -0.15) is 0 Å². The second kappa shape index (κ2) is 9.34. The summed E-state index contributed by atoms with van der Waals surface area (Å²) in [5, 5.41) is 3.44. The Hall–Kier alpha value is -3.21. The number of allylic oxidation sites excluding steroid dienone is 3. The number of carbonyl (C=O) groups excluding carboxylic acids is 2. The molecule has 1 aromatic carbocycles. The van der Waals surface area contributed by atoms with Crippen LogP contribution in [0.4, 0.5) is 0 Å². The fraction of sp³-hybridized carbons (Fsp3) is 0.393. The summed E-state index contributed by atoms with van der Waals surface area (Å²) in [6.45, 7) is 1.92. The van der Waals surface area contributed by atoms with Crippen LogP contribution in [0.1, 0.15) is 74.8 Å². The Bertz CT molecular complexity index is 1100. The van der Waals surface area contributed by atoms with Crippen LogP contribution in [-0.4, -0.2) is 22.8 Å². The van der Waals surface area contributed by atoms with Crippen molar-refractivity contribution in [3.8, 4) is 0 Å². The first-order valence-corrected chi connectivity index (χ1v) is 12.0. The van der Waals surface area contributed by atoms with Crippen LogP contribution in [0.3, 0.4) is 0 Å². The molecule has 1 aromatic heterocycles. The lowest BCUT2D eigenvalue weighted by molar-refractivity contribution is -0.146. The number of ether oxygens (including phenoxy) is 1. The van der Waals surface area contributed by atoms with E-state index in [1.165, 1.54) is 12.0 Å². The van der Waals surface area contributed by atoms with E-state index in [0.29, 0.717) is 17.6 Å². The summed E-state index contributed by atoms with van der Waals surface area (Å²) in [7, 11) is 0. The average molecular weight is 443 g/mol. The molecule has 5 heteroatoms. The first-order valence-electron chi connectivity index (χ1n) is 12.0. The highest BCUT2D eigenvalue weighted by atomic mass is 16.5. The molecule has 2 atom stereocenters. The number of dihydropyridines is 1. The van der Waals surface area contributed by atoms with Crippen molar-refractivity contribution in [3.05, 3.63) is 88.5 Å². The molecule has 170 valence electrons. The Morgan fingerprint density at radius 1 is 0.970 bits per heavy atom. The number of nitrogens with one attached hydrogen (secondary N) is 1. The zero-order chi connectivity index (χ0) is 22.8. The highest BCUT2D eigenvalue weighted by Crippen LogP contribution is 2.45. The van der Waals surface area contributed by atoms with Gasteiger partial charge in [-0.05, 0) is 68.2 Å². The van der Waals surface area contributed by atoms with Crippen molar-refractivity contribution in [3.63, 3.8) is 0 Å². The standard InChI is InChI=1S/C28H30N2O3/c1-18-25(28(32)33-22-10-6-3-7-11-22)26(20-12-14-29-15-13-20)27-23(30-18)16-21(17-24(27)31)19-8-4-2-5-9-19/h2,4-5,8-9,12-15,21-22,26,30H,3,6-7,10-11,16-17H2,1H3. The summed E-state index contributed by atoms with van der Waals surface area (Å²) in [6, 6.07) is 14.0. The molecule has 2 aliphatic carbocycles. The van der Waals surface area contributed by atoms with Gasteiger partial charge in [0, 0.05) is 41.7 Å². The molecule has 1 fully saturated rings. The molecule has 5 nitrogen and oxygen atoms in total. The van der Waals surface area contributed by atoms with E-state index in [9.17, 15) is 9.59 Å². The Balaban J connectivity index is 1.51. The lowest BCUT2D eigenvalue weighted by Crippen LogP contribution is -2.37. The SMILES string of the molecule is CC1=C(C(=O)OC2CCCCC2)C(c2ccncc2)C2=C(CC(c3ccccc3)CC2=O)N1. The van der Waals surface area contributed by atoms with Crippen molar-refractivity contribution >= 4 is 11.8 Å². The second-order valence-electron chi connectivity index (χ2n) is 9.37. The molecule has 2 aromatic rings. The molecule has 2 unspecified atom stereocenters. The number of hydrogen-bond acceptors (Lipinski definition) is 5. The Morgan fingerprint density at radius 3 is 2.42 bits per heavy atom. The largest absolute Gasteiger partial charge is 0.459 e. The van der Waals surface area contributed by atoms with Gasteiger partial charge in [0.2, 0.25) is 0 Å². The number of esters is 1. The summed E-state index contributed by atoms with van der Waals surface area (Å²) in [5.74, 6) is -0.510. The number of pyridine rings is 1. The van der Waals surface area contributed by atoms with Crippen molar-refractivity contribution in [1.82, 2.24) is 10.3 Å². The minimum atomic E-state index is -0.426. The van der Waals surface area contributed by atoms with Gasteiger partial charge in [0.15, 0.2) is 5.78 Å². The summed E-state index contributed by atoms with van der Waals surface area (Å²) >= 11 is 0. The van der Waals surface area contributed by atoms with Gasteiger partial charge in [0.25, 0.3) is 0 Å². The Kier molecular flexibility index (Phi) is 6.12. The van der Waals surface area contributed by atoms with Gasteiger partial charge in [0.1, 0.15) is 6.10 Å². The zero-order valence-electron chi connectivity index (χ0n) is 19.0. The minimum absolute atomic E-state index is 0.0375. The molecule has 0 spiro atoms. The summed E-state index contributed by atoms with van der Waals surface area (Å²) < 4.78 is 5.97. The van der Waals surface area contributed by atoms with E-state index in [0.717, 1.165) is 49.1 Å². The predicted molar refractivity (Wildman–Crippen MR) is 126 cm³/mol. The zero-order valence-corrected chi connectivity index (χ0v) is 19.0. The van der Waals surface area contributed by atoms with E-state index >= 15 is 0 Å². The van der Waals surface area contributed by atoms with Gasteiger partial charge < -0.3 is 10.1 Å². The number of ketones is 1. The number of hydrogen-bond donors (Lipinski definition) is 1. The van der Waals surface area contributed by atoms with Gasteiger partial charge in [-0.1, -0.05) is 36.8 Å². The normalized spacial score (nSPS) is 23.7. The highest BCUT2D eigenvalue weighted by molar-refractivity contribution is 6.04. The molecule has 0 bridgehead atoms. The van der Waals surface area contributed by atoms with Gasteiger partial charge in [-0.3, -0.25) is 9.78 Å². The Labute approximate surface area is 195 Å². The number of nitrogens with zero attached hydrogens (tertiary/aromatic N) is 1. The first kappa shape index (κ1) is 21.6. The van der Waals surface area contributed by atoms with Crippen LogP contribution in [-0.2, 0) is 14.3 Å². The third-order valence-electron chi connectivity index (χ3n) is 7.18. The van der Waals surface area contributed by atoms with Crippen molar-refractivity contribution in [2.24, 2.45) is 0 Å². The topological polar surface area (TPSA) is 68.3 Å². The number of carbonyl (C=O) groups is 2. The van der Waals surface area contributed by atoms with Crippen LogP contribution in [0.15, 0.2) is 77.4 Å². The van der Waals surface area contributed by atoms with Crippen molar-refractivity contribution in [2.45, 2.75) is 69.8 Å². The average Bonchev–Trinajstić information content (AvgIpc) is 2.84. The monoisotopic (exact) mass is 442 g/mol. The van der Waals surface area contributed by atoms with Crippen molar-refractivity contribution in [2.75, 3.05) is 0 Å². The quantitative estimate of drug-likeness (QED) is 0.649. The van der Waals surface area contributed by atoms with Crippen LogP contribution in [0.2, 0.25) is 0 Å². The van der Waals surface area contributed by atoms with Crippen LogP contribution >= 0.6 is 0 Å². The molecule has 3 aliphatic rings. The lowest BCUT2D eigenvalue weighted by Gasteiger charge is -2.37. The second-order valence-corrected chi connectivity index (χ2v) is 9.37. The summed E-state index contributed by atoms with van der Waals surface area (Å²) in [4.78, 5) is 31.2. The molecule has 1 aliphatic heterocycles. The fourth-order valence-corrected chi connectivity index (χ4v) is 5.56. The number of rotatable bonds is 4. The molecular weight excluding hydrogens is 412 g/mol. The smallest absolute Gasteiger partial charge is 0.337 e. The minimum Gasteiger partial charge on any atom is -0.459 e. The first-order chi connectivity index (χ1) is 16.1. The Morgan fingerprint density at radius 2 is 1.70 bits per heavy atom. The fourth-order valence-electron chi connectivity index (χ4n) is 5.56. The number of benzene rings is 1. The molecule has 33 heavy (non-hydrogen) atoms. The molecule has 5 rings (SSSR count). The van der Waals surface area contributed by atoms with E-state index in [1.807, 2.05) is 37.3 Å². The van der Waals surface area contributed by atoms with Crippen LogP contribution in [0, 0.1) is 0 Å². The van der Waals surface area contributed by atoms with Crippen LogP contribution in [0.5, 0.6) is 0 Å². The highest BCUT2D eigenvalue weighted by Gasteiger charge is 2.41. The predicted octanol–water partition coefficient (Wildman–Crippen LogP) is 5.32. The van der Waals surface area contributed by atoms with E-state index in [2.05, 4.69) is 22.4 Å². The number of aromatic nitrogens is 1. The van der Waals surface area contributed by atoms with E-state index < -0.39 is 5.92 Å². The number of Topliss-reactive ketones (excluding diaryl/α,β-unsaturated/α-hetero) is 1. The van der Waals surface area contributed by atoms with Crippen LogP contribution in [0.25, 0.3) is 0 Å². The van der Waals surface area contributed by atoms with E-state index in [4.69, 9.17) is 4.74 Å². The maximum Gasteiger partial charge on any atom is 0.337 e. The maximum absolute atomic E-state index is 13.6. The van der Waals surface area contributed by atoms with E-state index in [1.54, 1.807) is 12.4 Å². The van der Waals surface area contributed by atoms with E-state index in [-0.39, 0.29) is 23.8 Å². The van der Waals surface area contributed by atoms with Gasteiger partial charge >= 0.3 is 5.97 Å². The lowest BCUT2D eigenvalue weighted by atomic mass is 9.72. The van der Waals surface area contributed by atoms with Crippen molar-refractivity contribution in [1.29, 1.82) is 0 Å². The molecule has 0 radical (unpaired) electrons. The molecule has 0 amide bonds.